The Bertz CT molecular complexity index is 433. The molecule has 0 bridgehead atoms. The first-order valence-electron chi connectivity index (χ1n) is 5.98. The molecule has 0 radical (unpaired) electrons. The second-order valence-corrected chi connectivity index (χ2v) is 4.40. The number of hydrogen-bond donors (Lipinski definition) is 1. The van der Waals surface area contributed by atoms with E-state index in [2.05, 4.69) is 5.32 Å². The summed E-state index contributed by atoms with van der Waals surface area (Å²) in [6.45, 7) is 0.809. The lowest BCUT2D eigenvalue weighted by molar-refractivity contribution is -0.312. The first kappa shape index (κ1) is 12.4. The summed E-state index contributed by atoms with van der Waals surface area (Å²) in [5.41, 5.74) is 0.707. The van der Waals surface area contributed by atoms with Crippen molar-refractivity contribution in [2.75, 3.05) is 18.4 Å². The molecule has 0 unspecified atom stereocenters. The number of para-hydroxylation sites is 1. The molecule has 5 heteroatoms. The molecule has 96 valence electrons. The minimum atomic E-state index is -1.08. The third kappa shape index (κ3) is 3.00. The average molecular weight is 247 g/mol. The molecule has 1 saturated heterocycles. The predicted molar refractivity (Wildman–Crippen MR) is 64.8 cm³/mol. The van der Waals surface area contributed by atoms with Crippen molar-refractivity contribution < 1.29 is 14.7 Å². The van der Waals surface area contributed by atoms with Crippen LogP contribution in [0.15, 0.2) is 30.3 Å². The molecular weight excluding hydrogens is 232 g/mol. The molecule has 1 N–H and O–H groups in total. The Hall–Kier alpha value is -2.04. The fraction of sp³-hybridized carbons (Fsp3) is 0.385. The van der Waals surface area contributed by atoms with Gasteiger partial charge in [0.1, 0.15) is 0 Å². The van der Waals surface area contributed by atoms with Crippen molar-refractivity contribution in [2.45, 2.75) is 12.8 Å². The van der Waals surface area contributed by atoms with E-state index in [4.69, 9.17) is 0 Å². The predicted octanol–water partition coefficient (Wildman–Crippen LogP) is 0.680. The number of aliphatic carboxylic acids is 1. The van der Waals surface area contributed by atoms with E-state index >= 15 is 0 Å². The standard InChI is InChI=1S/C13H16N2O3/c16-12(17)10-5-4-8-15(9-10)13(18)14-11-6-2-1-3-7-11/h1-3,6-7,10H,4-5,8-9H2,(H,14,18)(H,16,17)/p-1/t10-/m0/s1. The van der Waals surface area contributed by atoms with Gasteiger partial charge in [-0.2, -0.15) is 0 Å². The summed E-state index contributed by atoms with van der Waals surface area (Å²) in [7, 11) is 0. The zero-order chi connectivity index (χ0) is 13.0. The van der Waals surface area contributed by atoms with Gasteiger partial charge in [-0.05, 0) is 25.0 Å². The van der Waals surface area contributed by atoms with Crippen LogP contribution >= 0.6 is 0 Å². The molecular formula is C13H15N2O3-. The highest BCUT2D eigenvalue weighted by Crippen LogP contribution is 2.17. The van der Waals surface area contributed by atoms with Gasteiger partial charge in [-0.1, -0.05) is 18.2 Å². The number of amides is 2. The fourth-order valence-electron chi connectivity index (χ4n) is 2.08. The summed E-state index contributed by atoms with van der Waals surface area (Å²) in [6.07, 6.45) is 1.28. The zero-order valence-electron chi connectivity index (χ0n) is 9.96. The largest absolute Gasteiger partial charge is 0.550 e. The maximum atomic E-state index is 11.9. The van der Waals surface area contributed by atoms with Gasteiger partial charge in [0.15, 0.2) is 0 Å². The van der Waals surface area contributed by atoms with Crippen LogP contribution in [0.3, 0.4) is 0 Å². The van der Waals surface area contributed by atoms with E-state index in [-0.39, 0.29) is 12.6 Å². The fourth-order valence-corrected chi connectivity index (χ4v) is 2.08. The summed E-state index contributed by atoms with van der Waals surface area (Å²) in [5, 5.41) is 13.6. The summed E-state index contributed by atoms with van der Waals surface area (Å²) in [5.74, 6) is -1.63. The van der Waals surface area contributed by atoms with Crippen molar-refractivity contribution in [1.29, 1.82) is 0 Å². The van der Waals surface area contributed by atoms with Crippen LogP contribution in [0, 0.1) is 5.92 Å². The van der Waals surface area contributed by atoms with E-state index in [0.29, 0.717) is 25.1 Å². The Morgan fingerprint density at radius 1 is 1.28 bits per heavy atom. The molecule has 0 saturated carbocycles. The smallest absolute Gasteiger partial charge is 0.321 e. The Balaban J connectivity index is 1.95. The Morgan fingerprint density at radius 2 is 2.00 bits per heavy atom. The molecule has 1 aromatic carbocycles. The van der Waals surface area contributed by atoms with Crippen LogP contribution < -0.4 is 10.4 Å². The van der Waals surface area contributed by atoms with Gasteiger partial charge in [0, 0.05) is 30.7 Å². The number of nitrogens with zero attached hydrogens (tertiary/aromatic N) is 1. The number of benzene rings is 1. The van der Waals surface area contributed by atoms with Gasteiger partial charge in [-0.3, -0.25) is 0 Å². The van der Waals surface area contributed by atoms with Crippen LogP contribution in [0.5, 0.6) is 0 Å². The van der Waals surface area contributed by atoms with E-state index in [1.54, 1.807) is 12.1 Å². The lowest BCUT2D eigenvalue weighted by atomic mass is 9.99. The monoisotopic (exact) mass is 247 g/mol. The van der Waals surface area contributed by atoms with Gasteiger partial charge >= 0.3 is 6.03 Å². The molecule has 1 aliphatic rings. The minimum Gasteiger partial charge on any atom is -0.550 e. The highest BCUT2D eigenvalue weighted by molar-refractivity contribution is 5.89. The highest BCUT2D eigenvalue weighted by Gasteiger charge is 2.24. The lowest BCUT2D eigenvalue weighted by Gasteiger charge is -2.33. The second-order valence-electron chi connectivity index (χ2n) is 4.40. The van der Waals surface area contributed by atoms with E-state index in [1.807, 2.05) is 18.2 Å². The SMILES string of the molecule is O=C([O-])[C@H]1CCCN(C(=O)Nc2ccccc2)C1. The summed E-state index contributed by atoms with van der Waals surface area (Å²) < 4.78 is 0. The van der Waals surface area contributed by atoms with Crippen LogP contribution in [0.1, 0.15) is 12.8 Å². The number of hydrogen-bond acceptors (Lipinski definition) is 3. The van der Waals surface area contributed by atoms with Crippen LogP contribution in [-0.2, 0) is 4.79 Å². The molecule has 2 rings (SSSR count). The molecule has 5 nitrogen and oxygen atoms in total. The number of piperidine rings is 1. The molecule has 0 spiro atoms. The number of rotatable bonds is 2. The molecule has 0 aliphatic carbocycles. The number of likely N-dealkylation sites (tertiary alicyclic amines) is 1. The highest BCUT2D eigenvalue weighted by atomic mass is 16.4. The number of nitrogens with one attached hydrogen (secondary N) is 1. The number of carbonyl (C=O) groups excluding carboxylic acids is 2. The van der Waals surface area contributed by atoms with Crippen LogP contribution in [0.2, 0.25) is 0 Å². The Morgan fingerprint density at radius 3 is 2.67 bits per heavy atom. The van der Waals surface area contributed by atoms with Gasteiger partial charge in [-0.15, -0.1) is 0 Å². The quantitative estimate of drug-likeness (QED) is 0.835. The van der Waals surface area contributed by atoms with Gasteiger partial charge in [-0.25, -0.2) is 4.79 Å². The van der Waals surface area contributed by atoms with Crippen LogP contribution in [0.4, 0.5) is 10.5 Å². The second kappa shape index (κ2) is 5.53. The summed E-state index contributed by atoms with van der Waals surface area (Å²) >= 11 is 0. The number of carboxylic acids is 1. The van der Waals surface area contributed by atoms with Crippen molar-refractivity contribution in [3.8, 4) is 0 Å². The summed E-state index contributed by atoms with van der Waals surface area (Å²) in [4.78, 5) is 24.3. The van der Waals surface area contributed by atoms with Crippen molar-refractivity contribution >= 4 is 17.7 Å². The number of anilines is 1. The summed E-state index contributed by atoms with van der Waals surface area (Å²) in [6, 6.07) is 8.84. The van der Waals surface area contributed by atoms with Gasteiger partial charge in [0.05, 0.1) is 0 Å². The normalized spacial score (nSPS) is 19.3. The number of urea groups is 1. The maximum absolute atomic E-state index is 11.9. The molecule has 1 heterocycles. The first-order valence-corrected chi connectivity index (χ1v) is 5.98. The van der Waals surface area contributed by atoms with Crippen molar-refractivity contribution in [2.24, 2.45) is 5.92 Å². The first-order chi connectivity index (χ1) is 8.66. The van der Waals surface area contributed by atoms with E-state index in [0.717, 1.165) is 0 Å². The Kier molecular flexibility index (Phi) is 3.82. The van der Waals surface area contributed by atoms with Crippen molar-refractivity contribution in [1.82, 2.24) is 4.90 Å². The maximum Gasteiger partial charge on any atom is 0.321 e. The van der Waals surface area contributed by atoms with Gasteiger partial charge < -0.3 is 20.1 Å². The molecule has 2 amide bonds. The number of carbonyl (C=O) groups is 2. The van der Waals surface area contributed by atoms with Crippen molar-refractivity contribution in [3.05, 3.63) is 30.3 Å². The van der Waals surface area contributed by atoms with E-state index < -0.39 is 11.9 Å². The Labute approximate surface area is 105 Å². The topological polar surface area (TPSA) is 72.5 Å². The third-order valence-corrected chi connectivity index (χ3v) is 3.07. The molecule has 0 aromatic heterocycles. The number of carboxylic acid groups (broad SMARTS) is 1. The zero-order valence-corrected chi connectivity index (χ0v) is 9.96. The van der Waals surface area contributed by atoms with E-state index in [1.165, 1.54) is 4.90 Å². The molecule has 1 fully saturated rings. The third-order valence-electron chi connectivity index (χ3n) is 3.07. The van der Waals surface area contributed by atoms with Gasteiger partial charge in [0.25, 0.3) is 0 Å². The molecule has 1 aromatic rings. The van der Waals surface area contributed by atoms with Crippen molar-refractivity contribution in [3.63, 3.8) is 0 Å². The average Bonchev–Trinajstić information content (AvgIpc) is 2.40. The van der Waals surface area contributed by atoms with Crippen LogP contribution in [0.25, 0.3) is 0 Å². The van der Waals surface area contributed by atoms with E-state index in [9.17, 15) is 14.7 Å². The molecule has 1 aliphatic heterocycles. The molecule has 18 heavy (non-hydrogen) atoms. The van der Waals surface area contributed by atoms with Crippen LogP contribution in [-0.4, -0.2) is 30.0 Å². The molecule has 1 atom stereocenters. The lowest BCUT2D eigenvalue weighted by Crippen LogP contribution is -2.47. The van der Waals surface area contributed by atoms with Gasteiger partial charge in [0.2, 0.25) is 0 Å². The minimum absolute atomic E-state index is 0.223.